The van der Waals surface area contributed by atoms with E-state index in [0.29, 0.717) is 12.5 Å². The van der Waals surface area contributed by atoms with Crippen LogP contribution in [0.3, 0.4) is 0 Å². The zero-order valence-electron chi connectivity index (χ0n) is 11.1. The summed E-state index contributed by atoms with van der Waals surface area (Å²) in [5, 5.41) is 5.81. The molecule has 1 saturated heterocycles. The van der Waals surface area contributed by atoms with E-state index in [1.807, 2.05) is 19.2 Å². The quantitative estimate of drug-likeness (QED) is 0.900. The number of aromatic nitrogens is 1. The van der Waals surface area contributed by atoms with Gasteiger partial charge in [0.1, 0.15) is 12.1 Å². The Kier molecular flexibility index (Phi) is 2.85. The van der Waals surface area contributed by atoms with Crippen LogP contribution in [-0.2, 0) is 16.1 Å². The van der Waals surface area contributed by atoms with Crippen LogP contribution >= 0.6 is 11.3 Å². The van der Waals surface area contributed by atoms with Gasteiger partial charge in [-0.2, -0.15) is 0 Å². The summed E-state index contributed by atoms with van der Waals surface area (Å²) >= 11 is 1.56. The standard InChI is InChI=1S/C13H17N3O2S/c1-8-14-10(7-19-8)5-16-6-11(17)15-13(2,12(16)18)9-3-4-9/h7,9H,3-6H2,1-2H3,(H,15,17). The Bertz CT molecular complexity index is 538. The molecule has 1 aliphatic carbocycles. The summed E-state index contributed by atoms with van der Waals surface area (Å²) in [6, 6.07) is 0. The second-order valence-electron chi connectivity index (χ2n) is 5.54. The Morgan fingerprint density at radius 3 is 2.84 bits per heavy atom. The molecule has 2 amide bonds. The highest BCUT2D eigenvalue weighted by atomic mass is 32.1. The van der Waals surface area contributed by atoms with Crippen molar-refractivity contribution in [1.29, 1.82) is 0 Å². The van der Waals surface area contributed by atoms with Gasteiger partial charge in [-0.15, -0.1) is 11.3 Å². The topological polar surface area (TPSA) is 62.3 Å². The van der Waals surface area contributed by atoms with Crippen LogP contribution in [0.4, 0.5) is 0 Å². The van der Waals surface area contributed by atoms with Gasteiger partial charge in [-0.1, -0.05) is 0 Å². The highest BCUT2D eigenvalue weighted by molar-refractivity contribution is 7.09. The van der Waals surface area contributed by atoms with Crippen LogP contribution in [0.15, 0.2) is 5.38 Å². The Balaban J connectivity index is 1.80. The lowest BCUT2D eigenvalue weighted by Crippen LogP contribution is -2.66. The number of nitrogens with one attached hydrogen (secondary N) is 1. The lowest BCUT2D eigenvalue weighted by Gasteiger charge is -2.39. The molecule has 5 nitrogen and oxygen atoms in total. The molecule has 1 saturated carbocycles. The first kappa shape index (κ1) is 12.6. The van der Waals surface area contributed by atoms with E-state index in [0.717, 1.165) is 23.5 Å². The monoisotopic (exact) mass is 279 g/mol. The van der Waals surface area contributed by atoms with Gasteiger partial charge in [0, 0.05) is 5.38 Å². The van der Waals surface area contributed by atoms with Gasteiger partial charge in [0.25, 0.3) is 0 Å². The molecule has 1 aromatic rings. The third kappa shape index (κ3) is 2.25. The highest BCUT2D eigenvalue weighted by Crippen LogP contribution is 2.41. The third-order valence-corrected chi connectivity index (χ3v) is 4.70. The van der Waals surface area contributed by atoms with Crippen molar-refractivity contribution >= 4 is 23.2 Å². The Hall–Kier alpha value is -1.43. The van der Waals surface area contributed by atoms with E-state index in [2.05, 4.69) is 10.3 Å². The molecule has 102 valence electrons. The SMILES string of the molecule is Cc1nc(CN2CC(=O)NC(C)(C3CC3)C2=O)cs1. The summed E-state index contributed by atoms with van der Waals surface area (Å²) in [5.41, 5.74) is 0.157. The predicted octanol–water partition coefficient (Wildman–Crippen LogP) is 1.08. The van der Waals surface area contributed by atoms with Crippen LogP contribution in [-0.4, -0.2) is 33.8 Å². The van der Waals surface area contributed by atoms with Gasteiger partial charge >= 0.3 is 0 Å². The van der Waals surface area contributed by atoms with Gasteiger partial charge in [-0.3, -0.25) is 9.59 Å². The van der Waals surface area contributed by atoms with Crippen LogP contribution in [0, 0.1) is 12.8 Å². The minimum absolute atomic E-state index is 0.0280. The van der Waals surface area contributed by atoms with Crippen LogP contribution in [0.2, 0.25) is 0 Å². The number of rotatable bonds is 3. The average molecular weight is 279 g/mol. The number of piperazine rings is 1. The summed E-state index contributed by atoms with van der Waals surface area (Å²) in [6.45, 7) is 4.35. The molecule has 2 heterocycles. The Labute approximate surface area is 116 Å². The van der Waals surface area contributed by atoms with E-state index in [4.69, 9.17) is 0 Å². The number of thiazole rings is 1. The molecule has 6 heteroatoms. The van der Waals surface area contributed by atoms with Gasteiger partial charge in [0.05, 0.1) is 17.2 Å². The van der Waals surface area contributed by atoms with Crippen LogP contribution in [0.1, 0.15) is 30.5 Å². The number of carbonyl (C=O) groups excluding carboxylic acids is 2. The van der Waals surface area contributed by atoms with Crippen molar-refractivity contribution in [2.24, 2.45) is 5.92 Å². The molecule has 0 bridgehead atoms. The molecule has 1 atom stereocenters. The van der Waals surface area contributed by atoms with Crippen molar-refractivity contribution in [3.8, 4) is 0 Å². The average Bonchev–Trinajstić information content (AvgIpc) is 3.11. The fourth-order valence-electron chi connectivity index (χ4n) is 2.70. The molecule has 2 fully saturated rings. The third-order valence-electron chi connectivity index (χ3n) is 3.88. The van der Waals surface area contributed by atoms with E-state index in [1.54, 1.807) is 16.2 Å². The number of amides is 2. The summed E-state index contributed by atoms with van der Waals surface area (Å²) in [6.07, 6.45) is 2.04. The van der Waals surface area contributed by atoms with Crippen molar-refractivity contribution in [3.05, 3.63) is 16.1 Å². The van der Waals surface area contributed by atoms with Gasteiger partial charge in [-0.05, 0) is 32.6 Å². The highest BCUT2D eigenvalue weighted by Gasteiger charge is 2.52. The summed E-state index contributed by atoms with van der Waals surface area (Å²) in [5.74, 6) is 0.255. The molecule has 1 aliphatic heterocycles. The second-order valence-corrected chi connectivity index (χ2v) is 6.61. The Morgan fingerprint density at radius 1 is 1.53 bits per heavy atom. The summed E-state index contributed by atoms with van der Waals surface area (Å²) < 4.78 is 0. The van der Waals surface area contributed by atoms with Crippen molar-refractivity contribution < 1.29 is 9.59 Å². The molecule has 0 aromatic carbocycles. The fourth-order valence-corrected chi connectivity index (χ4v) is 3.30. The van der Waals surface area contributed by atoms with E-state index in [1.165, 1.54) is 0 Å². The Morgan fingerprint density at radius 2 is 2.26 bits per heavy atom. The number of aryl methyl sites for hydroxylation is 1. The van der Waals surface area contributed by atoms with Crippen molar-refractivity contribution in [2.75, 3.05) is 6.54 Å². The minimum atomic E-state index is -0.708. The lowest BCUT2D eigenvalue weighted by atomic mass is 9.91. The lowest BCUT2D eigenvalue weighted by molar-refractivity contribution is -0.150. The van der Waals surface area contributed by atoms with E-state index >= 15 is 0 Å². The zero-order valence-corrected chi connectivity index (χ0v) is 11.9. The maximum absolute atomic E-state index is 12.6. The number of nitrogens with zero attached hydrogens (tertiary/aromatic N) is 2. The zero-order chi connectivity index (χ0) is 13.6. The summed E-state index contributed by atoms with van der Waals surface area (Å²) in [4.78, 5) is 30.4. The molecule has 0 spiro atoms. The van der Waals surface area contributed by atoms with Gasteiger partial charge < -0.3 is 10.2 Å². The van der Waals surface area contributed by atoms with E-state index in [-0.39, 0.29) is 18.4 Å². The first-order valence-electron chi connectivity index (χ1n) is 6.50. The van der Waals surface area contributed by atoms with Crippen molar-refractivity contribution in [2.45, 2.75) is 38.8 Å². The molecule has 2 aliphatic rings. The molecular weight excluding hydrogens is 262 g/mol. The molecule has 1 unspecified atom stereocenters. The van der Waals surface area contributed by atoms with Gasteiger partial charge in [0.15, 0.2) is 0 Å². The molecule has 0 radical (unpaired) electrons. The van der Waals surface area contributed by atoms with Crippen LogP contribution < -0.4 is 5.32 Å². The normalized spacial score (nSPS) is 27.6. The molecular formula is C13H17N3O2S. The predicted molar refractivity (Wildman–Crippen MR) is 71.5 cm³/mol. The maximum atomic E-state index is 12.6. The fraction of sp³-hybridized carbons (Fsp3) is 0.615. The second kappa shape index (κ2) is 4.30. The molecule has 1 N–H and O–H groups in total. The van der Waals surface area contributed by atoms with Gasteiger partial charge in [-0.25, -0.2) is 4.98 Å². The van der Waals surface area contributed by atoms with Crippen molar-refractivity contribution in [3.63, 3.8) is 0 Å². The van der Waals surface area contributed by atoms with Crippen LogP contribution in [0.5, 0.6) is 0 Å². The first-order chi connectivity index (χ1) is 8.99. The summed E-state index contributed by atoms with van der Waals surface area (Å²) in [7, 11) is 0. The smallest absolute Gasteiger partial charge is 0.249 e. The minimum Gasteiger partial charge on any atom is -0.340 e. The largest absolute Gasteiger partial charge is 0.340 e. The molecule has 19 heavy (non-hydrogen) atoms. The van der Waals surface area contributed by atoms with Crippen molar-refractivity contribution in [1.82, 2.24) is 15.2 Å². The number of carbonyl (C=O) groups is 2. The number of hydrogen-bond donors (Lipinski definition) is 1. The number of hydrogen-bond acceptors (Lipinski definition) is 4. The van der Waals surface area contributed by atoms with Gasteiger partial charge in [0.2, 0.25) is 11.8 Å². The molecule has 3 rings (SSSR count). The van der Waals surface area contributed by atoms with Crippen LogP contribution in [0.25, 0.3) is 0 Å². The molecule has 1 aromatic heterocycles. The van der Waals surface area contributed by atoms with E-state index < -0.39 is 5.54 Å². The maximum Gasteiger partial charge on any atom is 0.249 e. The van der Waals surface area contributed by atoms with E-state index in [9.17, 15) is 9.59 Å². The first-order valence-corrected chi connectivity index (χ1v) is 7.38.